The van der Waals surface area contributed by atoms with Crippen molar-refractivity contribution in [3.8, 4) is 0 Å². The Morgan fingerprint density at radius 1 is 1.15 bits per heavy atom. The third kappa shape index (κ3) is 6.79. The minimum Gasteiger partial charge on any atom is -0.456 e. The molecule has 2 rings (SSSR count). The van der Waals surface area contributed by atoms with Crippen molar-refractivity contribution in [3.05, 3.63) is 30.1 Å². The van der Waals surface area contributed by atoms with Crippen molar-refractivity contribution in [2.75, 3.05) is 30.0 Å². The highest BCUT2D eigenvalue weighted by molar-refractivity contribution is 7.91. The third-order valence-electron chi connectivity index (χ3n) is 3.72. The molecule has 1 heterocycles. The molecule has 0 spiro atoms. The zero-order valence-electron chi connectivity index (χ0n) is 13.9. The quantitative estimate of drug-likeness (QED) is 0.649. The summed E-state index contributed by atoms with van der Waals surface area (Å²) in [5.41, 5.74) is 0.378. The van der Waals surface area contributed by atoms with Gasteiger partial charge in [-0.15, -0.1) is 0 Å². The number of esters is 1. The van der Waals surface area contributed by atoms with E-state index in [0.717, 1.165) is 0 Å². The molecule has 1 aromatic carbocycles. The van der Waals surface area contributed by atoms with Crippen LogP contribution in [0.2, 0.25) is 0 Å². The van der Waals surface area contributed by atoms with Crippen molar-refractivity contribution >= 4 is 33.3 Å². The molecule has 10 heteroatoms. The van der Waals surface area contributed by atoms with Gasteiger partial charge in [-0.1, -0.05) is 0 Å². The lowest BCUT2D eigenvalue weighted by Crippen LogP contribution is -2.35. The van der Waals surface area contributed by atoms with Gasteiger partial charge in [0.15, 0.2) is 16.4 Å². The molecule has 0 radical (unpaired) electrons. The van der Waals surface area contributed by atoms with E-state index in [1.54, 1.807) is 0 Å². The summed E-state index contributed by atoms with van der Waals surface area (Å²) in [5, 5.41) is 4.74. The largest absolute Gasteiger partial charge is 0.456 e. The average molecular weight is 386 g/mol. The summed E-state index contributed by atoms with van der Waals surface area (Å²) in [6.45, 7) is -0.892. The fourth-order valence-corrected chi connectivity index (χ4v) is 4.30. The maximum atomic E-state index is 12.8. The zero-order valence-corrected chi connectivity index (χ0v) is 14.7. The average Bonchev–Trinajstić information content (AvgIpc) is 2.91. The summed E-state index contributed by atoms with van der Waals surface area (Å²) in [4.78, 5) is 34.8. The van der Waals surface area contributed by atoms with Gasteiger partial charge in [0, 0.05) is 12.1 Å². The maximum Gasteiger partial charge on any atom is 0.306 e. The van der Waals surface area contributed by atoms with Crippen LogP contribution in [0.5, 0.6) is 0 Å². The van der Waals surface area contributed by atoms with E-state index in [2.05, 4.69) is 10.6 Å². The van der Waals surface area contributed by atoms with E-state index >= 15 is 0 Å². The lowest BCUT2D eigenvalue weighted by Gasteiger charge is -2.09. The molecule has 1 saturated heterocycles. The highest BCUT2D eigenvalue weighted by atomic mass is 32.2. The van der Waals surface area contributed by atoms with Crippen LogP contribution in [0.25, 0.3) is 0 Å². The van der Waals surface area contributed by atoms with Gasteiger partial charge in [-0.3, -0.25) is 14.4 Å². The number of amides is 2. The van der Waals surface area contributed by atoms with Gasteiger partial charge in [0.25, 0.3) is 5.91 Å². The van der Waals surface area contributed by atoms with E-state index in [1.165, 1.54) is 24.3 Å². The van der Waals surface area contributed by atoms with Crippen LogP contribution in [-0.4, -0.2) is 50.9 Å². The predicted molar refractivity (Wildman–Crippen MR) is 90.4 cm³/mol. The minimum atomic E-state index is -3.07. The molecule has 1 fully saturated rings. The van der Waals surface area contributed by atoms with Crippen molar-refractivity contribution < 1.29 is 31.9 Å². The van der Waals surface area contributed by atoms with E-state index < -0.39 is 40.0 Å². The molecule has 1 aromatic rings. The van der Waals surface area contributed by atoms with Crippen LogP contribution in [0, 0.1) is 11.7 Å². The Hall–Kier alpha value is -2.49. The Kier molecular flexibility index (Phi) is 6.67. The Labute approximate surface area is 150 Å². The standard InChI is InChI=1S/C16H19FN2O6S/c17-12-1-3-13(4-2-12)19-14(20)8-18-15(21)9-25-16(22)7-11-5-6-26(23,24)10-11/h1-4,11H,5-10H2,(H,18,21)(H,19,20)/t11-/m1/s1. The molecular formula is C16H19FN2O6S. The molecule has 2 N–H and O–H groups in total. The SMILES string of the molecule is O=C(COC(=O)C[C@H]1CCS(=O)(=O)C1)NCC(=O)Nc1ccc(F)cc1. The summed E-state index contributed by atoms with van der Waals surface area (Å²) in [6, 6.07) is 5.12. The fraction of sp³-hybridized carbons (Fsp3) is 0.438. The first kappa shape index (κ1) is 19.8. The van der Waals surface area contributed by atoms with Crippen LogP contribution in [0.4, 0.5) is 10.1 Å². The number of halogens is 1. The normalized spacial score (nSPS) is 18.1. The molecule has 0 unspecified atom stereocenters. The minimum absolute atomic E-state index is 0.0438. The van der Waals surface area contributed by atoms with Crippen LogP contribution in [0.1, 0.15) is 12.8 Å². The molecule has 2 amide bonds. The first-order chi connectivity index (χ1) is 12.2. The topological polar surface area (TPSA) is 119 Å². The Morgan fingerprint density at radius 2 is 1.85 bits per heavy atom. The van der Waals surface area contributed by atoms with Crippen LogP contribution < -0.4 is 10.6 Å². The van der Waals surface area contributed by atoms with Gasteiger partial charge < -0.3 is 15.4 Å². The number of nitrogens with one attached hydrogen (secondary N) is 2. The molecule has 1 atom stereocenters. The number of hydrogen-bond donors (Lipinski definition) is 2. The lowest BCUT2D eigenvalue weighted by atomic mass is 10.1. The summed E-state index contributed by atoms with van der Waals surface area (Å²) in [6.07, 6.45) is 0.352. The number of sulfone groups is 1. The van der Waals surface area contributed by atoms with Gasteiger partial charge in [-0.2, -0.15) is 0 Å². The monoisotopic (exact) mass is 386 g/mol. The van der Waals surface area contributed by atoms with Gasteiger partial charge in [0.2, 0.25) is 5.91 Å². The highest BCUT2D eigenvalue weighted by Gasteiger charge is 2.29. The smallest absolute Gasteiger partial charge is 0.306 e. The highest BCUT2D eigenvalue weighted by Crippen LogP contribution is 2.21. The molecule has 1 aliphatic rings. The molecular weight excluding hydrogens is 367 g/mol. The third-order valence-corrected chi connectivity index (χ3v) is 5.56. The number of ether oxygens (including phenoxy) is 1. The Balaban J connectivity index is 1.63. The van der Waals surface area contributed by atoms with Gasteiger partial charge in [-0.25, -0.2) is 12.8 Å². The number of benzene rings is 1. The lowest BCUT2D eigenvalue weighted by molar-refractivity contribution is -0.149. The van der Waals surface area contributed by atoms with E-state index in [4.69, 9.17) is 4.74 Å². The predicted octanol–water partition coefficient (Wildman–Crippen LogP) is 0.248. The van der Waals surface area contributed by atoms with Crippen LogP contribution >= 0.6 is 0 Å². The number of carbonyl (C=O) groups excluding carboxylic acids is 3. The van der Waals surface area contributed by atoms with E-state index in [9.17, 15) is 27.2 Å². The molecule has 0 aliphatic carbocycles. The summed E-state index contributed by atoms with van der Waals surface area (Å²) in [5.74, 6) is -2.53. The Morgan fingerprint density at radius 3 is 2.46 bits per heavy atom. The van der Waals surface area contributed by atoms with E-state index in [0.29, 0.717) is 12.1 Å². The van der Waals surface area contributed by atoms with Crippen molar-refractivity contribution in [1.29, 1.82) is 0 Å². The Bertz CT molecular complexity index is 778. The second kappa shape index (κ2) is 8.75. The van der Waals surface area contributed by atoms with Crippen LogP contribution in [-0.2, 0) is 29.0 Å². The summed E-state index contributed by atoms with van der Waals surface area (Å²) >= 11 is 0. The summed E-state index contributed by atoms with van der Waals surface area (Å²) < 4.78 is 40.2. The molecule has 0 aromatic heterocycles. The number of anilines is 1. The molecule has 26 heavy (non-hydrogen) atoms. The molecule has 8 nitrogen and oxygen atoms in total. The van der Waals surface area contributed by atoms with Crippen molar-refractivity contribution in [1.82, 2.24) is 5.32 Å². The zero-order chi connectivity index (χ0) is 19.2. The molecule has 142 valence electrons. The molecule has 0 saturated carbocycles. The number of carbonyl (C=O) groups is 3. The van der Waals surface area contributed by atoms with Crippen LogP contribution in [0.3, 0.4) is 0 Å². The van der Waals surface area contributed by atoms with Crippen molar-refractivity contribution in [2.24, 2.45) is 5.92 Å². The molecule has 1 aliphatic heterocycles. The fourth-order valence-electron chi connectivity index (χ4n) is 2.44. The first-order valence-corrected chi connectivity index (χ1v) is 9.74. The maximum absolute atomic E-state index is 12.8. The second-order valence-electron chi connectivity index (χ2n) is 5.97. The molecule has 0 bridgehead atoms. The first-order valence-electron chi connectivity index (χ1n) is 7.92. The van der Waals surface area contributed by atoms with E-state index in [1.807, 2.05) is 0 Å². The van der Waals surface area contributed by atoms with E-state index in [-0.39, 0.29) is 30.4 Å². The van der Waals surface area contributed by atoms with Crippen LogP contribution in [0.15, 0.2) is 24.3 Å². The van der Waals surface area contributed by atoms with Gasteiger partial charge in [-0.05, 0) is 36.6 Å². The van der Waals surface area contributed by atoms with Crippen molar-refractivity contribution in [3.63, 3.8) is 0 Å². The second-order valence-corrected chi connectivity index (χ2v) is 8.19. The number of rotatable bonds is 7. The number of hydrogen-bond acceptors (Lipinski definition) is 6. The van der Waals surface area contributed by atoms with Gasteiger partial charge >= 0.3 is 5.97 Å². The van der Waals surface area contributed by atoms with Gasteiger partial charge in [0.1, 0.15) is 5.82 Å². The van der Waals surface area contributed by atoms with Gasteiger partial charge in [0.05, 0.1) is 18.1 Å². The van der Waals surface area contributed by atoms with Crippen molar-refractivity contribution in [2.45, 2.75) is 12.8 Å². The summed E-state index contributed by atoms with van der Waals surface area (Å²) in [7, 11) is -3.07.